The predicted molar refractivity (Wildman–Crippen MR) is 76.7 cm³/mol. The molecule has 0 atom stereocenters. The Morgan fingerprint density at radius 1 is 1.35 bits per heavy atom. The van der Waals surface area contributed by atoms with E-state index in [1.807, 2.05) is 12.1 Å². The highest BCUT2D eigenvalue weighted by Gasteiger charge is 2.31. The van der Waals surface area contributed by atoms with Gasteiger partial charge in [0.25, 0.3) is 0 Å². The fourth-order valence-corrected chi connectivity index (χ4v) is 2.39. The van der Waals surface area contributed by atoms with E-state index in [0.717, 1.165) is 37.9 Å². The summed E-state index contributed by atoms with van der Waals surface area (Å²) in [5.41, 5.74) is 0.327. The highest BCUT2D eigenvalue weighted by molar-refractivity contribution is 5.20. The lowest BCUT2D eigenvalue weighted by atomic mass is 10.0. The number of hydrogen-bond acceptors (Lipinski definition) is 5. The van der Waals surface area contributed by atoms with Gasteiger partial charge in [-0.3, -0.25) is 4.98 Å². The van der Waals surface area contributed by atoms with Gasteiger partial charge in [-0.25, -0.2) is 0 Å². The molecular formula is C15H24N2O3. The molecule has 1 saturated carbocycles. The predicted octanol–water partition coefficient (Wildman–Crippen LogP) is 1.50. The molecule has 1 aliphatic rings. The molecule has 20 heavy (non-hydrogen) atoms. The van der Waals surface area contributed by atoms with Crippen LogP contribution in [0.2, 0.25) is 0 Å². The summed E-state index contributed by atoms with van der Waals surface area (Å²) in [6.07, 6.45) is 5.56. The van der Waals surface area contributed by atoms with Gasteiger partial charge < -0.3 is 19.9 Å². The average Bonchev–Trinajstić information content (AvgIpc) is 2.90. The van der Waals surface area contributed by atoms with Crippen molar-refractivity contribution < 1.29 is 14.6 Å². The molecule has 0 amide bonds. The number of nitrogens with one attached hydrogen (secondary N) is 1. The van der Waals surface area contributed by atoms with E-state index in [9.17, 15) is 5.11 Å². The van der Waals surface area contributed by atoms with E-state index in [-0.39, 0.29) is 0 Å². The minimum atomic E-state index is -0.639. The zero-order chi connectivity index (χ0) is 14.3. The Kier molecular flexibility index (Phi) is 5.76. The molecule has 0 aliphatic heterocycles. The van der Waals surface area contributed by atoms with Crippen LogP contribution in [0.15, 0.2) is 18.3 Å². The highest BCUT2D eigenvalue weighted by Crippen LogP contribution is 2.29. The van der Waals surface area contributed by atoms with E-state index in [1.54, 1.807) is 13.3 Å². The summed E-state index contributed by atoms with van der Waals surface area (Å²) >= 11 is 0. The Hall–Kier alpha value is -1.17. The van der Waals surface area contributed by atoms with Crippen molar-refractivity contribution in [2.75, 3.05) is 26.9 Å². The SMILES string of the molecule is COCCNCc1ccc(OCC2(O)CCCC2)cn1. The van der Waals surface area contributed by atoms with Crippen LogP contribution in [-0.2, 0) is 11.3 Å². The fourth-order valence-electron chi connectivity index (χ4n) is 2.39. The fraction of sp³-hybridized carbons (Fsp3) is 0.667. The summed E-state index contributed by atoms with van der Waals surface area (Å²) in [6.45, 7) is 2.58. The van der Waals surface area contributed by atoms with Gasteiger partial charge in [-0.05, 0) is 25.0 Å². The van der Waals surface area contributed by atoms with E-state index in [4.69, 9.17) is 9.47 Å². The lowest BCUT2D eigenvalue weighted by molar-refractivity contribution is 0.00130. The Morgan fingerprint density at radius 2 is 2.15 bits per heavy atom. The highest BCUT2D eigenvalue weighted by atomic mass is 16.5. The van der Waals surface area contributed by atoms with Crippen LogP contribution in [0.25, 0.3) is 0 Å². The Balaban J connectivity index is 1.73. The third kappa shape index (κ3) is 4.74. The summed E-state index contributed by atoms with van der Waals surface area (Å²) in [4.78, 5) is 4.33. The van der Waals surface area contributed by atoms with Crippen LogP contribution in [0.4, 0.5) is 0 Å². The van der Waals surface area contributed by atoms with Crippen LogP contribution in [0, 0.1) is 0 Å². The zero-order valence-electron chi connectivity index (χ0n) is 12.1. The molecular weight excluding hydrogens is 256 g/mol. The first-order valence-corrected chi connectivity index (χ1v) is 7.22. The molecule has 1 aromatic heterocycles. The maximum absolute atomic E-state index is 10.2. The van der Waals surface area contributed by atoms with Gasteiger partial charge in [0.05, 0.1) is 24.1 Å². The first-order chi connectivity index (χ1) is 9.72. The first kappa shape index (κ1) is 15.2. The number of hydrogen-bond donors (Lipinski definition) is 2. The molecule has 0 saturated heterocycles. The molecule has 5 heteroatoms. The van der Waals surface area contributed by atoms with Crippen LogP contribution in [-0.4, -0.2) is 42.6 Å². The molecule has 2 rings (SSSR count). The Labute approximate surface area is 120 Å². The normalized spacial score (nSPS) is 17.3. The van der Waals surface area contributed by atoms with Gasteiger partial charge >= 0.3 is 0 Å². The largest absolute Gasteiger partial charge is 0.489 e. The van der Waals surface area contributed by atoms with Crippen molar-refractivity contribution in [2.45, 2.75) is 37.8 Å². The third-order valence-corrected chi connectivity index (χ3v) is 3.63. The van der Waals surface area contributed by atoms with Crippen molar-refractivity contribution in [3.05, 3.63) is 24.0 Å². The van der Waals surface area contributed by atoms with Gasteiger partial charge in [0, 0.05) is 20.2 Å². The molecule has 1 aliphatic carbocycles. The minimum absolute atomic E-state index is 0.361. The number of aromatic nitrogens is 1. The first-order valence-electron chi connectivity index (χ1n) is 7.22. The number of nitrogens with zero attached hydrogens (tertiary/aromatic N) is 1. The van der Waals surface area contributed by atoms with Gasteiger partial charge in [-0.1, -0.05) is 12.8 Å². The number of aliphatic hydroxyl groups is 1. The maximum Gasteiger partial charge on any atom is 0.137 e. The molecule has 0 aromatic carbocycles. The molecule has 1 heterocycles. The zero-order valence-corrected chi connectivity index (χ0v) is 12.1. The molecule has 0 bridgehead atoms. The summed E-state index contributed by atoms with van der Waals surface area (Å²) in [6, 6.07) is 3.84. The maximum atomic E-state index is 10.2. The van der Waals surface area contributed by atoms with Crippen molar-refractivity contribution >= 4 is 0 Å². The molecule has 1 fully saturated rings. The van der Waals surface area contributed by atoms with Crippen LogP contribution in [0.3, 0.4) is 0 Å². The van der Waals surface area contributed by atoms with Crippen LogP contribution in [0.1, 0.15) is 31.4 Å². The number of rotatable bonds is 8. The van der Waals surface area contributed by atoms with Crippen molar-refractivity contribution in [3.63, 3.8) is 0 Å². The lowest BCUT2D eigenvalue weighted by Crippen LogP contribution is -2.32. The molecule has 5 nitrogen and oxygen atoms in total. The van der Waals surface area contributed by atoms with Gasteiger partial charge in [0.1, 0.15) is 12.4 Å². The summed E-state index contributed by atoms with van der Waals surface area (Å²) < 4.78 is 10.6. The van der Waals surface area contributed by atoms with Gasteiger partial charge in [-0.15, -0.1) is 0 Å². The smallest absolute Gasteiger partial charge is 0.137 e. The molecule has 0 radical (unpaired) electrons. The Bertz CT molecular complexity index is 389. The van der Waals surface area contributed by atoms with Crippen molar-refractivity contribution in [1.82, 2.24) is 10.3 Å². The summed E-state index contributed by atoms with van der Waals surface area (Å²) in [7, 11) is 1.68. The van der Waals surface area contributed by atoms with E-state index < -0.39 is 5.60 Å². The van der Waals surface area contributed by atoms with E-state index in [0.29, 0.717) is 25.5 Å². The summed E-state index contributed by atoms with van der Waals surface area (Å²) in [5.74, 6) is 0.714. The van der Waals surface area contributed by atoms with Crippen LogP contribution in [0.5, 0.6) is 5.75 Å². The molecule has 0 unspecified atom stereocenters. The van der Waals surface area contributed by atoms with Gasteiger partial charge in [-0.2, -0.15) is 0 Å². The van der Waals surface area contributed by atoms with E-state index >= 15 is 0 Å². The van der Waals surface area contributed by atoms with Crippen molar-refractivity contribution in [3.8, 4) is 5.75 Å². The standard InChI is InChI=1S/C15H24N2O3/c1-19-9-8-16-10-13-4-5-14(11-17-13)20-12-15(18)6-2-3-7-15/h4-5,11,16,18H,2-3,6-10,12H2,1H3. The second-order valence-electron chi connectivity index (χ2n) is 5.37. The monoisotopic (exact) mass is 280 g/mol. The minimum Gasteiger partial charge on any atom is -0.489 e. The molecule has 112 valence electrons. The second kappa shape index (κ2) is 7.57. The van der Waals surface area contributed by atoms with Crippen LogP contribution >= 0.6 is 0 Å². The average molecular weight is 280 g/mol. The Morgan fingerprint density at radius 3 is 2.80 bits per heavy atom. The van der Waals surface area contributed by atoms with Crippen LogP contribution < -0.4 is 10.1 Å². The number of methoxy groups -OCH3 is 1. The lowest BCUT2D eigenvalue weighted by Gasteiger charge is -2.22. The summed E-state index contributed by atoms with van der Waals surface area (Å²) in [5, 5.41) is 13.4. The topological polar surface area (TPSA) is 63.6 Å². The second-order valence-corrected chi connectivity index (χ2v) is 5.37. The number of ether oxygens (including phenoxy) is 2. The van der Waals surface area contributed by atoms with E-state index in [1.165, 1.54) is 0 Å². The number of pyridine rings is 1. The van der Waals surface area contributed by atoms with E-state index in [2.05, 4.69) is 10.3 Å². The van der Waals surface area contributed by atoms with Crippen molar-refractivity contribution in [1.29, 1.82) is 0 Å². The molecule has 2 N–H and O–H groups in total. The third-order valence-electron chi connectivity index (χ3n) is 3.63. The van der Waals surface area contributed by atoms with Gasteiger partial charge in [0.2, 0.25) is 0 Å². The molecule has 0 spiro atoms. The van der Waals surface area contributed by atoms with Gasteiger partial charge in [0.15, 0.2) is 0 Å². The quantitative estimate of drug-likeness (QED) is 0.707. The van der Waals surface area contributed by atoms with Crippen molar-refractivity contribution in [2.24, 2.45) is 0 Å². The molecule has 1 aromatic rings.